The van der Waals surface area contributed by atoms with Crippen molar-refractivity contribution in [3.05, 3.63) is 83.4 Å². The second kappa shape index (κ2) is 9.85. The molecule has 0 aliphatic carbocycles. The van der Waals surface area contributed by atoms with Crippen molar-refractivity contribution in [3.8, 4) is 5.75 Å². The number of anilines is 2. The van der Waals surface area contributed by atoms with Crippen molar-refractivity contribution in [2.24, 2.45) is 0 Å². The molecule has 6 nitrogen and oxygen atoms in total. The first-order valence-corrected chi connectivity index (χ1v) is 11.6. The smallest absolute Gasteiger partial charge is 0.265 e. The number of nitrogens with one attached hydrogen (secondary N) is 2. The number of hydrogen-bond acceptors (Lipinski definition) is 4. The molecule has 0 bridgehead atoms. The fourth-order valence-electron chi connectivity index (χ4n) is 2.81. The largest absolute Gasteiger partial charge is 0.481 e. The Hall–Kier alpha value is -3.03. The SMILES string of the molecule is CC[C@H](Oc1ccc(C)cc1)C(=O)Nc1ccc(S(=O)(=O)Nc2cccc(Cl)c2)cc1. The third-order valence-corrected chi connectivity index (χ3v) is 6.10. The van der Waals surface area contributed by atoms with Crippen molar-refractivity contribution in [3.63, 3.8) is 0 Å². The van der Waals surface area contributed by atoms with E-state index in [1.54, 1.807) is 18.2 Å². The van der Waals surface area contributed by atoms with Crippen LogP contribution in [-0.2, 0) is 14.8 Å². The van der Waals surface area contributed by atoms with E-state index >= 15 is 0 Å². The lowest BCUT2D eigenvalue weighted by atomic mass is 10.2. The van der Waals surface area contributed by atoms with Crippen LogP contribution in [0.4, 0.5) is 11.4 Å². The molecule has 0 spiro atoms. The van der Waals surface area contributed by atoms with Gasteiger partial charge < -0.3 is 10.1 Å². The molecule has 0 saturated carbocycles. The van der Waals surface area contributed by atoms with Gasteiger partial charge in [0.1, 0.15) is 5.75 Å². The molecule has 0 unspecified atom stereocenters. The number of carbonyl (C=O) groups excluding carboxylic acids is 1. The summed E-state index contributed by atoms with van der Waals surface area (Å²) in [6, 6.07) is 19.8. The topological polar surface area (TPSA) is 84.5 Å². The van der Waals surface area contributed by atoms with Gasteiger partial charge in [-0.1, -0.05) is 42.3 Å². The number of halogens is 1. The first-order valence-electron chi connectivity index (χ1n) is 9.69. The van der Waals surface area contributed by atoms with Gasteiger partial charge in [-0.15, -0.1) is 0 Å². The van der Waals surface area contributed by atoms with E-state index in [9.17, 15) is 13.2 Å². The number of hydrogen-bond donors (Lipinski definition) is 2. The quantitative estimate of drug-likeness (QED) is 0.483. The predicted molar refractivity (Wildman–Crippen MR) is 123 cm³/mol. The third kappa shape index (κ3) is 6.23. The highest BCUT2D eigenvalue weighted by molar-refractivity contribution is 7.92. The van der Waals surface area contributed by atoms with Gasteiger partial charge in [0, 0.05) is 10.7 Å². The first-order chi connectivity index (χ1) is 14.8. The molecule has 8 heteroatoms. The molecule has 3 aromatic rings. The van der Waals surface area contributed by atoms with E-state index in [4.69, 9.17) is 16.3 Å². The van der Waals surface area contributed by atoms with E-state index in [0.717, 1.165) is 5.56 Å². The Kier molecular flexibility index (Phi) is 7.20. The average molecular weight is 459 g/mol. The number of rotatable bonds is 8. The third-order valence-electron chi connectivity index (χ3n) is 4.47. The van der Waals surface area contributed by atoms with Crippen molar-refractivity contribution in [2.75, 3.05) is 10.0 Å². The van der Waals surface area contributed by atoms with Gasteiger partial charge in [-0.25, -0.2) is 8.42 Å². The summed E-state index contributed by atoms with van der Waals surface area (Å²) in [5.74, 6) is 0.303. The van der Waals surface area contributed by atoms with Crippen molar-refractivity contribution in [2.45, 2.75) is 31.3 Å². The molecule has 2 N–H and O–H groups in total. The Morgan fingerprint density at radius 1 is 1.00 bits per heavy atom. The highest BCUT2D eigenvalue weighted by Gasteiger charge is 2.19. The van der Waals surface area contributed by atoms with Crippen molar-refractivity contribution in [1.82, 2.24) is 0 Å². The summed E-state index contributed by atoms with van der Waals surface area (Å²) in [5, 5.41) is 3.19. The van der Waals surface area contributed by atoms with E-state index in [2.05, 4.69) is 10.0 Å². The summed E-state index contributed by atoms with van der Waals surface area (Å²) in [4.78, 5) is 12.7. The van der Waals surface area contributed by atoms with E-state index in [0.29, 0.717) is 28.6 Å². The Bertz CT molecular complexity index is 1150. The lowest BCUT2D eigenvalue weighted by Gasteiger charge is -2.17. The molecular formula is C23H23ClN2O4S. The highest BCUT2D eigenvalue weighted by atomic mass is 35.5. The molecular weight excluding hydrogens is 436 g/mol. The van der Waals surface area contributed by atoms with E-state index in [1.807, 2.05) is 38.1 Å². The van der Waals surface area contributed by atoms with E-state index < -0.39 is 16.1 Å². The summed E-state index contributed by atoms with van der Waals surface area (Å²) >= 11 is 5.90. The summed E-state index contributed by atoms with van der Waals surface area (Å²) in [7, 11) is -3.79. The second-order valence-electron chi connectivity index (χ2n) is 6.96. The van der Waals surface area contributed by atoms with Crippen LogP contribution in [0.15, 0.2) is 77.7 Å². The van der Waals surface area contributed by atoms with Crippen LogP contribution in [0.3, 0.4) is 0 Å². The molecule has 0 fully saturated rings. The van der Waals surface area contributed by atoms with E-state index in [1.165, 1.54) is 30.3 Å². The fourth-order valence-corrected chi connectivity index (χ4v) is 4.05. The van der Waals surface area contributed by atoms with Crippen LogP contribution in [-0.4, -0.2) is 20.4 Å². The fraction of sp³-hybridized carbons (Fsp3) is 0.174. The number of amides is 1. The molecule has 0 aliphatic rings. The molecule has 0 heterocycles. The molecule has 0 radical (unpaired) electrons. The molecule has 1 atom stereocenters. The van der Waals surface area contributed by atoms with Crippen LogP contribution in [0.2, 0.25) is 5.02 Å². The Balaban J connectivity index is 1.66. The summed E-state index contributed by atoms with van der Waals surface area (Å²) in [5.41, 5.74) is 1.94. The van der Waals surface area contributed by atoms with Gasteiger partial charge in [0.2, 0.25) is 0 Å². The average Bonchev–Trinajstić information content (AvgIpc) is 2.73. The minimum absolute atomic E-state index is 0.0634. The first kappa shape index (κ1) is 22.7. The van der Waals surface area contributed by atoms with Crippen molar-refractivity contribution in [1.29, 1.82) is 0 Å². The lowest BCUT2D eigenvalue weighted by molar-refractivity contribution is -0.122. The maximum Gasteiger partial charge on any atom is 0.265 e. The second-order valence-corrected chi connectivity index (χ2v) is 9.08. The zero-order chi connectivity index (χ0) is 22.4. The maximum absolute atomic E-state index is 12.6. The van der Waals surface area contributed by atoms with Gasteiger partial charge >= 0.3 is 0 Å². The van der Waals surface area contributed by atoms with Crippen LogP contribution >= 0.6 is 11.6 Å². The van der Waals surface area contributed by atoms with E-state index in [-0.39, 0.29) is 10.8 Å². The van der Waals surface area contributed by atoms with Crippen LogP contribution in [0.5, 0.6) is 5.75 Å². The van der Waals surface area contributed by atoms with Gasteiger partial charge in [0.05, 0.1) is 10.6 Å². The van der Waals surface area contributed by atoms with Gasteiger partial charge in [0.25, 0.3) is 15.9 Å². The summed E-state index contributed by atoms with van der Waals surface area (Å²) in [6.07, 6.45) is -0.189. The zero-order valence-electron chi connectivity index (χ0n) is 17.1. The minimum Gasteiger partial charge on any atom is -0.481 e. The number of benzene rings is 3. The zero-order valence-corrected chi connectivity index (χ0v) is 18.7. The molecule has 3 aromatic carbocycles. The number of aryl methyl sites for hydroxylation is 1. The molecule has 3 rings (SSSR count). The number of ether oxygens (including phenoxy) is 1. The monoisotopic (exact) mass is 458 g/mol. The predicted octanol–water partition coefficient (Wildman–Crippen LogP) is 5.25. The van der Waals surface area contributed by atoms with Crippen LogP contribution in [0.25, 0.3) is 0 Å². The maximum atomic E-state index is 12.6. The molecule has 162 valence electrons. The normalized spacial score (nSPS) is 12.1. The van der Waals surface area contributed by atoms with Gasteiger partial charge in [0.15, 0.2) is 6.10 Å². The molecule has 0 aliphatic heterocycles. The van der Waals surface area contributed by atoms with Gasteiger partial charge in [-0.2, -0.15) is 0 Å². The Labute approximate surface area is 187 Å². The molecule has 31 heavy (non-hydrogen) atoms. The molecule has 1 amide bonds. The van der Waals surface area contributed by atoms with Crippen LogP contribution < -0.4 is 14.8 Å². The number of carbonyl (C=O) groups is 1. The molecule has 0 aromatic heterocycles. The van der Waals surface area contributed by atoms with Gasteiger partial charge in [-0.3, -0.25) is 9.52 Å². The van der Waals surface area contributed by atoms with Crippen LogP contribution in [0, 0.1) is 6.92 Å². The molecule has 0 saturated heterocycles. The van der Waals surface area contributed by atoms with Crippen molar-refractivity contribution < 1.29 is 17.9 Å². The van der Waals surface area contributed by atoms with Crippen LogP contribution in [0.1, 0.15) is 18.9 Å². The van der Waals surface area contributed by atoms with Crippen molar-refractivity contribution >= 4 is 38.9 Å². The summed E-state index contributed by atoms with van der Waals surface area (Å²) < 4.78 is 33.4. The standard InChI is InChI=1S/C23H23ClN2O4S/c1-3-22(30-20-11-7-16(2)8-12-20)23(27)25-18-9-13-21(14-10-18)31(28,29)26-19-6-4-5-17(24)15-19/h4-15,22,26H,3H2,1-2H3,(H,25,27)/t22-/m0/s1. The Morgan fingerprint density at radius 3 is 2.29 bits per heavy atom. The summed E-state index contributed by atoms with van der Waals surface area (Å²) in [6.45, 7) is 3.83. The Morgan fingerprint density at radius 2 is 1.68 bits per heavy atom. The lowest BCUT2D eigenvalue weighted by Crippen LogP contribution is -2.32. The number of sulfonamides is 1. The minimum atomic E-state index is -3.79. The highest BCUT2D eigenvalue weighted by Crippen LogP contribution is 2.21. The van der Waals surface area contributed by atoms with Gasteiger partial charge in [-0.05, 0) is 67.9 Å².